The van der Waals surface area contributed by atoms with Crippen molar-refractivity contribution in [2.45, 2.75) is 52.2 Å². The summed E-state index contributed by atoms with van der Waals surface area (Å²) in [5.74, 6) is 0. The van der Waals surface area contributed by atoms with Crippen molar-refractivity contribution in [3.63, 3.8) is 0 Å². The van der Waals surface area contributed by atoms with Crippen molar-refractivity contribution in [1.29, 1.82) is 0 Å². The molecule has 0 spiro atoms. The molecule has 0 bridgehead atoms. The normalized spacial score (nSPS) is 25.2. The average Bonchev–Trinajstić information content (AvgIpc) is 2.66. The van der Waals surface area contributed by atoms with Crippen LogP contribution in [0.15, 0.2) is 40.6 Å². The monoisotopic (exact) mass is 385 g/mol. The van der Waals surface area contributed by atoms with Gasteiger partial charge in [-0.25, -0.2) is 0 Å². The molecule has 1 saturated heterocycles. The molecule has 0 radical (unpaired) electrons. The van der Waals surface area contributed by atoms with Crippen molar-refractivity contribution in [2.24, 2.45) is 10.2 Å². The Morgan fingerprint density at radius 3 is 2.25 bits per heavy atom. The Balaban J connectivity index is 1.88. The first-order valence-electron chi connectivity index (χ1n) is 9.29. The molecular formula is C21H27N3O4. The fourth-order valence-corrected chi connectivity index (χ4v) is 2.99. The van der Waals surface area contributed by atoms with Crippen LogP contribution in [-0.4, -0.2) is 46.5 Å². The molecule has 4 N–H and O–H groups in total. The zero-order chi connectivity index (χ0) is 20.4. The van der Waals surface area contributed by atoms with Crippen LogP contribution in [0.25, 0.3) is 0 Å². The van der Waals surface area contributed by atoms with Crippen LogP contribution in [0.4, 0.5) is 17.1 Å². The maximum absolute atomic E-state index is 10.2. The second kappa shape index (κ2) is 8.36. The highest BCUT2D eigenvalue weighted by Crippen LogP contribution is 2.32. The molecule has 0 aromatic heterocycles. The lowest BCUT2D eigenvalue weighted by atomic mass is 10.0. The largest absolute Gasteiger partial charge is 0.388 e. The van der Waals surface area contributed by atoms with Gasteiger partial charge < -0.3 is 25.4 Å². The Kier molecular flexibility index (Phi) is 6.10. The molecule has 0 amide bonds. The van der Waals surface area contributed by atoms with Crippen LogP contribution < -0.4 is 5.32 Å². The lowest BCUT2D eigenvalue weighted by molar-refractivity contribution is -0.178. The lowest BCUT2D eigenvalue weighted by Crippen LogP contribution is -2.55. The Morgan fingerprint density at radius 2 is 1.54 bits per heavy atom. The predicted octanol–water partition coefficient (Wildman–Crippen LogP) is 3.19. The van der Waals surface area contributed by atoms with Crippen molar-refractivity contribution in [1.82, 2.24) is 0 Å². The van der Waals surface area contributed by atoms with Gasteiger partial charge in [0, 0.05) is 0 Å². The lowest BCUT2D eigenvalue weighted by Gasteiger charge is -2.36. The van der Waals surface area contributed by atoms with Crippen LogP contribution >= 0.6 is 0 Å². The van der Waals surface area contributed by atoms with Gasteiger partial charge in [-0.2, -0.15) is 5.11 Å². The van der Waals surface area contributed by atoms with Crippen molar-refractivity contribution in [2.75, 3.05) is 11.9 Å². The fourth-order valence-electron chi connectivity index (χ4n) is 2.99. The van der Waals surface area contributed by atoms with Crippen molar-refractivity contribution in [3.8, 4) is 0 Å². The van der Waals surface area contributed by atoms with Crippen molar-refractivity contribution >= 4 is 17.1 Å². The van der Waals surface area contributed by atoms with Crippen LogP contribution in [0.5, 0.6) is 0 Å². The van der Waals surface area contributed by atoms with Gasteiger partial charge in [0.2, 0.25) is 0 Å². The van der Waals surface area contributed by atoms with E-state index in [1.807, 2.05) is 58.0 Å². The third kappa shape index (κ3) is 4.39. The minimum absolute atomic E-state index is 0.0692. The van der Waals surface area contributed by atoms with E-state index >= 15 is 0 Å². The summed E-state index contributed by atoms with van der Waals surface area (Å²) in [4.78, 5) is 0. The quantitative estimate of drug-likeness (QED) is 0.605. The first-order valence-corrected chi connectivity index (χ1v) is 9.29. The minimum atomic E-state index is -1.28. The van der Waals surface area contributed by atoms with Gasteiger partial charge in [-0.15, -0.1) is 5.11 Å². The number of hydrogen-bond donors (Lipinski definition) is 4. The Bertz CT molecular complexity index is 884. The van der Waals surface area contributed by atoms with Crippen molar-refractivity contribution < 1.29 is 20.1 Å². The van der Waals surface area contributed by atoms with E-state index in [9.17, 15) is 15.3 Å². The standard InChI is InChI=1S/C21H27N3O4/c1-11-5-6-15(7-12(11)2)23-24-17-9-14(4)13(3)8-16(17)22-21-20(27)19(26)18(25)10-28-21/h5-9,18-22,25-27H,10H2,1-4H3/t18-,19-,20-,21-/m1/s1. The molecule has 2 aromatic rings. The van der Waals surface area contributed by atoms with Gasteiger partial charge in [-0.3, -0.25) is 0 Å². The zero-order valence-corrected chi connectivity index (χ0v) is 16.5. The summed E-state index contributed by atoms with van der Waals surface area (Å²) >= 11 is 0. The van der Waals surface area contributed by atoms with Gasteiger partial charge in [0.05, 0.1) is 18.0 Å². The molecule has 28 heavy (non-hydrogen) atoms. The summed E-state index contributed by atoms with van der Waals surface area (Å²) in [5.41, 5.74) is 6.40. The molecule has 7 nitrogen and oxygen atoms in total. The first-order chi connectivity index (χ1) is 13.3. The Hall–Kier alpha value is -2.32. The van der Waals surface area contributed by atoms with E-state index in [4.69, 9.17) is 4.74 Å². The molecule has 1 heterocycles. The van der Waals surface area contributed by atoms with E-state index in [0.717, 1.165) is 22.4 Å². The molecule has 0 aliphatic carbocycles. The van der Waals surface area contributed by atoms with E-state index in [0.29, 0.717) is 11.4 Å². The smallest absolute Gasteiger partial charge is 0.156 e. The highest BCUT2D eigenvalue weighted by atomic mass is 16.5. The van der Waals surface area contributed by atoms with Crippen LogP contribution in [0.2, 0.25) is 0 Å². The molecule has 7 heteroatoms. The number of nitrogens with one attached hydrogen (secondary N) is 1. The van der Waals surface area contributed by atoms with Gasteiger partial charge in [0.25, 0.3) is 0 Å². The minimum Gasteiger partial charge on any atom is -0.388 e. The third-order valence-electron chi connectivity index (χ3n) is 5.17. The fraction of sp³-hybridized carbons (Fsp3) is 0.429. The topological polar surface area (TPSA) is 107 Å². The molecule has 1 aliphatic heterocycles. The van der Waals surface area contributed by atoms with Gasteiger partial charge in [-0.05, 0) is 74.2 Å². The maximum atomic E-state index is 10.2. The molecule has 1 aliphatic rings. The molecule has 0 unspecified atom stereocenters. The van der Waals surface area contributed by atoms with Crippen LogP contribution in [0.3, 0.4) is 0 Å². The summed E-state index contributed by atoms with van der Waals surface area (Å²) in [6, 6.07) is 9.69. The number of benzene rings is 2. The summed E-state index contributed by atoms with van der Waals surface area (Å²) < 4.78 is 5.45. The number of anilines is 1. The molecule has 150 valence electrons. The Morgan fingerprint density at radius 1 is 0.857 bits per heavy atom. The zero-order valence-electron chi connectivity index (χ0n) is 16.5. The number of ether oxygens (including phenoxy) is 1. The summed E-state index contributed by atoms with van der Waals surface area (Å²) in [6.07, 6.45) is -4.53. The van der Waals surface area contributed by atoms with Gasteiger partial charge >= 0.3 is 0 Å². The van der Waals surface area contributed by atoms with Crippen molar-refractivity contribution in [3.05, 3.63) is 52.6 Å². The van der Waals surface area contributed by atoms with E-state index < -0.39 is 24.5 Å². The number of aryl methyl sites for hydroxylation is 4. The molecule has 2 aromatic carbocycles. The number of aliphatic hydroxyl groups excluding tert-OH is 3. The van der Waals surface area contributed by atoms with Gasteiger partial charge in [-0.1, -0.05) is 6.07 Å². The molecule has 0 saturated carbocycles. The van der Waals surface area contributed by atoms with Gasteiger partial charge in [0.15, 0.2) is 6.23 Å². The number of hydrogen-bond acceptors (Lipinski definition) is 7. The average molecular weight is 385 g/mol. The second-order valence-corrected chi connectivity index (χ2v) is 7.37. The first kappa shape index (κ1) is 20.4. The van der Waals surface area contributed by atoms with Crippen LogP contribution in [0.1, 0.15) is 22.3 Å². The summed E-state index contributed by atoms with van der Waals surface area (Å²) in [7, 11) is 0. The predicted molar refractivity (Wildman–Crippen MR) is 107 cm³/mol. The van der Waals surface area contributed by atoms with E-state index in [-0.39, 0.29) is 6.61 Å². The van der Waals surface area contributed by atoms with E-state index in [1.54, 1.807) is 0 Å². The maximum Gasteiger partial charge on any atom is 0.156 e. The Labute approximate surface area is 164 Å². The number of nitrogens with zero attached hydrogens (tertiary/aromatic N) is 2. The van der Waals surface area contributed by atoms with E-state index in [2.05, 4.69) is 15.5 Å². The molecular weight excluding hydrogens is 358 g/mol. The summed E-state index contributed by atoms with van der Waals surface area (Å²) in [5, 5.41) is 41.5. The van der Waals surface area contributed by atoms with Gasteiger partial charge in [0.1, 0.15) is 24.0 Å². The third-order valence-corrected chi connectivity index (χ3v) is 5.17. The summed E-state index contributed by atoms with van der Waals surface area (Å²) in [6.45, 7) is 7.96. The van der Waals surface area contributed by atoms with E-state index in [1.165, 1.54) is 5.56 Å². The number of azo groups is 1. The van der Waals surface area contributed by atoms with Crippen LogP contribution in [0, 0.1) is 27.7 Å². The highest BCUT2D eigenvalue weighted by molar-refractivity contribution is 5.68. The SMILES string of the molecule is Cc1ccc(N=Nc2cc(C)c(C)cc2N[C@@H]2OC[C@@H](O)[C@@H](O)[C@H]2O)cc1C. The number of aliphatic hydroxyl groups is 3. The molecule has 1 fully saturated rings. The molecule has 4 atom stereocenters. The molecule has 3 rings (SSSR count). The second-order valence-electron chi connectivity index (χ2n) is 7.37. The highest BCUT2D eigenvalue weighted by Gasteiger charge is 2.37. The number of rotatable bonds is 4. The van der Waals surface area contributed by atoms with Crippen LogP contribution in [-0.2, 0) is 4.74 Å².